The Kier molecular flexibility index (Phi) is 3.62. The molecule has 2 heterocycles. The number of fused-ring (bicyclic) bond motifs is 1. The summed E-state index contributed by atoms with van der Waals surface area (Å²) < 4.78 is 0. The summed E-state index contributed by atoms with van der Waals surface area (Å²) in [5, 5.41) is 1.50. The number of para-hydroxylation sites is 1. The second-order valence-corrected chi connectivity index (χ2v) is 5.31. The maximum absolute atomic E-state index is 12.4. The highest BCUT2D eigenvalue weighted by molar-refractivity contribution is 6.33. The van der Waals surface area contributed by atoms with Crippen LogP contribution in [0.2, 0.25) is 5.02 Å². The second-order valence-electron chi connectivity index (χ2n) is 4.90. The van der Waals surface area contributed by atoms with E-state index in [1.165, 1.54) is 6.20 Å². The standard InChI is InChI=1S/C16H14ClN3O/c1-20(16(21)13-6-7-18-9-14(13)17)10-12-8-11-4-2-3-5-15(11)19-12/h2-9,19H,10H2,1H3. The third-order valence-corrected chi connectivity index (χ3v) is 3.64. The van der Waals surface area contributed by atoms with Gasteiger partial charge in [0.1, 0.15) is 0 Å². The first-order chi connectivity index (χ1) is 10.1. The molecule has 0 saturated carbocycles. The van der Waals surface area contributed by atoms with E-state index in [0.717, 1.165) is 16.6 Å². The number of amides is 1. The van der Waals surface area contributed by atoms with Crippen LogP contribution in [0.4, 0.5) is 0 Å². The van der Waals surface area contributed by atoms with Gasteiger partial charge in [-0.25, -0.2) is 0 Å². The van der Waals surface area contributed by atoms with E-state index in [1.807, 2.05) is 30.3 Å². The number of nitrogens with one attached hydrogen (secondary N) is 1. The van der Waals surface area contributed by atoms with Gasteiger partial charge in [0, 0.05) is 30.7 Å². The number of hydrogen-bond acceptors (Lipinski definition) is 2. The van der Waals surface area contributed by atoms with Crippen LogP contribution in [-0.4, -0.2) is 27.8 Å². The number of pyridine rings is 1. The average Bonchev–Trinajstić information content (AvgIpc) is 2.89. The van der Waals surface area contributed by atoms with E-state index < -0.39 is 0 Å². The van der Waals surface area contributed by atoms with Gasteiger partial charge in [-0.1, -0.05) is 29.8 Å². The number of hydrogen-bond donors (Lipinski definition) is 1. The van der Waals surface area contributed by atoms with Crippen LogP contribution in [0.5, 0.6) is 0 Å². The molecule has 21 heavy (non-hydrogen) atoms. The molecule has 1 N–H and O–H groups in total. The van der Waals surface area contributed by atoms with E-state index in [9.17, 15) is 4.79 Å². The van der Waals surface area contributed by atoms with Crippen LogP contribution in [0, 0.1) is 0 Å². The molecule has 0 spiro atoms. The number of aromatic amines is 1. The van der Waals surface area contributed by atoms with E-state index in [4.69, 9.17) is 11.6 Å². The highest BCUT2D eigenvalue weighted by Crippen LogP contribution is 2.18. The maximum atomic E-state index is 12.4. The van der Waals surface area contributed by atoms with Crippen molar-refractivity contribution in [1.82, 2.24) is 14.9 Å². The zero-order valence-electron chi connectivity index (χ0n) is 11.5. The zero-order chi connectivity index (χ0) is 14.8. The fourth-order valence-electron chi connectivity index (χ4n) is 2.30. The van der Waals surface area contributed by atoms with E-state index >= 15 is 0 Å². The number of H-pyrrole nitrogens is 1. The molecule has 0 radical (unpaired) electrons. The number of rotatable bonds is 3. The van der Waals surface area contributed by atoms with Crippen molar-refractivity contribution >= 4 is 28.4 Å². The Morgan fingerprint density at radius 3 is 2.90 bits per heavy atom. The average molecular weight is 300 g/mol. The Labute approximate surface area is 127 Å². The molecule has 0 saturated heterocycles. The molecule has 0 aliphatic heterocycles. The van der Waals surface area contributed by atoms with Gasteiger partial charge in [-0.05, 0) is 23.6 Å². The minimum atomic E-state index is -0.124. The first kappa shape index (κ1) is 13.6. The molecule has 3 rings (SSSR count). The van der Waals surface area contributed by atoms with Crippen molar-refractivity contribution in [2.45, 2.75) is 6.54 Å². The van der Waals surface area contributed by atoms with Gasteiger partial charge < -0.3 is 9.88 Å². The lowest BCUT2D eigenvalue weighted by Crippen LogP contribution is -2.26. The number of carbonyl (C=O) groups is 1. The van der Waals surface area contributed by atoms with Crippen molar-refractivity contribution < 1.29 is 4.79 Å². The molecule has 0 unspecified atom stereocenters. The Hall–Kier alpha value is -2.33. The van der Waals surface area contributed by atoms with Gasteiger partial charge in [0.25, 0.3) is 5.91 Å². The normalized spacial score (nSPS) is 10.8. The van der Waals surface area contributed by atoms with Crippen molar-refractivity contribution in [1.29, 1.82) is 0 Å². The molecule has 0 aliphatic rings. The summed E-state index contributed by atoms with van der Waals surface area (Å²) in [5.41, 5.74) is 2.51. The lowest BCUT2D eigenvalue weighted by molar-refractivity contribution is 0.0783. The van der Waals surface area contributed by atoms with Crippen LogP contribution in [0.25, 0.3) is 10.9 Å². The fourth-order valence-corrected chi connectivity index (χ4v) is 2.50. The van der Waals surface area contributed by atoms with Gasteiger partial charge in [-0.15, -0.1) is 0 Å². The van der Waals surface area contributed by atoms with Crippen molar-refractivity contribution in [3.8, 4) is 0 Å². The summed E-state index contributed by atoms with van der Waals surface area (Å²) >= 11 is 6.01. The van der Waals surface area contributed by atoms with Crippen molar-refractivity contribution in [3.05, 3.63) is 65.1 Å². The Morgan fingerprint density at radius 1 is 1.33 bits per heavy atom. The van der Waals surface area contributed by atoms with Crippen LogP contribution in [0.1, 0.15) is 16.1 Å². The summed E-state index contributed by atoms with van der Waals surface area (Å²) in [6.07, 6.45) is 3.04. The quantitative estimate of drug-likeness (QED) is 0.805. The number of benzene rings is 1. The van der Waals surface area contributed by atoms with Crippen LogP contribution in [0.3, 0.4) is 0 Å². The Morgan fingerprint density at radius 2 is 2.14 bits per heavy atom. The molecule has 1 amide bonds. The molecular weight excluding hydrogens is 286 g/mol. The molecular formula is C16H14ClN3O. The van der Waals surface area contributed by atoms with Crippen molar-refractivity contribution in [2.24, 2.45) is 0 Å². The van der Waals surface area contributed by atoms with Gasteiger partial charge in [0.05, 0.1) is 17.1 Å². The Bertz CT molecular complexity index is 764. The molecule has 0 fully saturated rings. The minimum absolute atomic E-state index is 0.124. The molecule has 2 aromatic heterocycles. The van der Waals surface area contributed by atoms with E-state index in [1.54, 1.807) is 24.2 Å². The lowest BCUT2D eigenvalue weighted by Gasteiger charge is -2.16. The number of carbonyl (C=O) groups excluding carboxylic acids is 1. The van der Waals surface area contributed by atoms with Crippen LogP contribution >= 0.6 is 11.6 Å². The predicted molar refractivity (Wildman–Crippen MR) is 83.3 cm³/mol. The molecule has 1 aromatic carbocycles. The number of nitrogens with zero attached hydrogens (tertiary/aromatic N) is 2. The highest BCUT2D eigenvalue weighted by atomic mass is 35.5. The van der Waals surface area contributed by atoms with Gasteiger partial charge in [0.15, 0.2) is 0 Å². The predicted octanol–water partition coefficient (Wildman–Crippen LogP) is 3.49. The molecule has 0 atom stereocenters. The third kappa shape index (κ3) is 2.76. The smallest absolute Gasteiger partial charge is 0.255 e. The van der Waals surface area contributed by atoms with Crippen LogP contribution < -0.4 is 0 Å². The highest BCUT2D eigenvalue weighted by Gasteiger charge is 2.15. The fraction of sp³-hybridized carbons (Fsp3) is 0.125. The van der Waals surface area contributed by atoms with E-state index in [0.29, 0.717) is 17.1 Å². The summed E-state index contributed by atoms with van der Waals surface area (Å²) in [6.45, 7) is 0.492. The second kappa shape index (κ2) is 5.58. The molecule has 4 nitrogen and oxygen atoms in total. The molecule has 0 aliphatic carbocycles. The SMILES string of the molecule is CN(Cc1cc2ccccc2[nH]1)C(=O)c1ccncc1Cl. The van der Waals surface area contributed by atoms with Crippen molar-refractivity contribution in [2.75, 3.05) is 7.05 Å². The first-order valence-electron chi connectivity index (χ1n) is 6.57. The summed E-state index contributed by atoms with van der Waals surface area (Å²) in [4.78, 5) is 21.2. The Balaban J connectivity index is 1.81. The maximum Gasteiger partial charge on any atom is 0.255 e. The van der Waals surface area contributed by atoms with E-state index in [2.05, 4.69) is 9.97 Å². The third-order valence-electron chi connectivity index (χ3n) is 3.34. The van der Waals surface area contributed by atoms with Gasteiger partial charge in [0.2, 0.25) is 0 Å². The zero-order valence-corrected chi connectivity index (χ0v) is 12.3. The summed E-state index contributed by atoms with van der Waals surface area (Å²) in [6, 6.07) is 11.7. The van der Waals surface area contributed by atoms with Crippen molar-refractivity contribution in [3.63, 3.8) is 0 Å². The van der Waals surface area contributed by atoms with Crippen LogP contribution in [0.15, 0.2) is 48.8 Å². The van der Waals surface area contributed by atoms with Gasteiger partial charge >= 0.3 is 0 Å². The minimum Gasteiger partial charge on any atom is -0.357 e. The van der Waals surface area contributed by atoms with Gasteiger partial charge in [-0.2, -0.15) is 0 Å². The van der Waals surface area contributed by atoms with Gasteiger partial charge in [-0.3, -0.25) is 9.78 Å². The number of aromatic nitrogens is 2. The molecule has 5 heteroatoms. The first-order valence-corrected chi connectivity index (χ1v) is 6.94. The molecule has 106 valence electrons. The van der Waals surface area contributed by atoms with Crippen LogP contribution in [-0.2, 0) is 6.54 Å². The summed E-state index contributed by atoms with van der Waals surface area (Å²) in [5.74, 6) is -0.124. The topological polar surface area (TPSA) is 49.0 Å². The number of halogens is 1. The largest absolute Gasteiger partial charge is 0.357 e. The van der Waals surface area contributed by atoms with E-state index in [-0.39, 0.29) is 5.91 Å². The lowest BCUT2D eigenvalue weighted by atomic mass is 10.2. The molecule has 0 bridgehead atoms. The molecule has 3 aromatic rings. The summed E-state index contributed by atoms with van der Waals surface area (Å²) in [7, 11) is 1.75. The monoisotopic (exact) mass is 299 g/mol.